The van der Waals surface area contributed by atoms with Crippen molar-refractivity contribution >= 4 is 5.95 Å². The Bertz CT molecular complexity index is 310. The Hall–Kier alpha value is -0.990. The summed E-state index contributed by atoms with van der Waals surface area (Å²) in [4.78, 5) is 4.02. The number of hydrogen-bond acceptors (Lipinski definition) is 2. The van der Waals surface area contributed by atoms with E-state index >= 15 is 0 Å². The Morgan fingerprint density at radius 2 is 2.29 bits per heavy atom. The first kappa shape index (κ1) is 9.56. The summed E-state index contributed by atoms with van der Waals surface area (Å²) in [6.45, 7) is 5.71. The zero-order valence-corrected chi connectivity index (χ0v) is 9.03. The molecule has 0 aromatic carbocycles. The van der Waals surface area contributed by atoms with E-state index in [4.69, 9.17) is 5.73 Å². The van der Waals surface area contributed by atoms with E-state index in [9.17, 15) is 0 Å². The lowest BCUT2D eigenvalue weighted by atomic mass is 9.84. The number of hydrogen-bond donors (Lipinski definition) is 1. The summed E-state index contributed by atoms with van der Waals surface area (Å²) in [6, 6.07) is 0. The van der Waals surface area contributed by atoms with Crippen molar-refractivity contribution in [1.29, 1.82) is 0 Å². The minimum atomic E-state index is 0.469. The van der Waals surface area contributed by atoms with Crippen LogP contribution in [-0.4, -0.2) is 9.55 Å². The third kappa shape index (κ3) is 1.91. The summed E-state index contributed by atoms with van der Waals surface area (Å²) in [5.41, 5.74) is 6.18. The first-order valence-electron chi connectivity index (χ1n) is 5.36. The van der Waals surface area contributed by atoms with Gasteiger partial charge in [-0.3, -0.25) is 0 Å². The normalized spacial score (nSPS) is 17.3. The zero-order valence-electron chi connectivity index (χ0n) is 9.03. The molecule has 1 aromatic rings. The molecule has 0 spiro atoms. The van der Waals surface area contributed by atoms with Crippen LogP contribution in [0, 0.1) is 11.3 Å². The third-order valence-electron chi connectivity index (χ3n) is 3.43. The molecule has 0 unspecified atom stereocenters. The highest BCUT2D eigenvalue weighted by Crippen LogP contribution is 2.47. The molecule has 0 saturated heterocycles. The van der Waals surface area contributed by atoms with Gasteiger partial charge >= 0.3 is 0 Å². The van der Waals surface area contributed by atoms with Crippen LogP contribution in [0.3, 0.4) is 0 Å². The molecule has 1 heterocycles. The summed E-state index contributed by atoms with van der Waals surface area (Å²) in [5.74, 6) is 1.57. The molecule has 1 aromatic heterocycles. The van der Waals surface area contributed by atoms with Crippen LogP contribution in [0.1, 0.15) is 33.1 Å². The van der Waals surface area contributed by atoms with Crippen molar-refractivity contribution in [2.45, 2.75) is 39.7 Å². The molecule has 0 amide bonds. The maximum Gasteiger partial charge on any atom is 0.200 e. The van der Waals surface area contributed by atoms with E-state index in [2.05, 4.69) is 18.8 Å². The predicted molar refractivity (Wildman–Crippen MR) is 57.8 cm³/mol. The Morgan fingerprint density at radius 3 is 2.79 bits per heavy atom. The van der Waals surface area contributed by atoms with Crippen molar-refractivity contribution < 1.29 is 0 Å². The highest BCUT2D eigenvalue weighted by Gasteiger charge is 2.37. The van der Waals surface area contributed by atoms with Gasteiger partial charge < -0.3 is 10.3 Å². The van der Waals surface area contributed by atoms with Crippen LogP contribution >= 0.6 is 0 Å². The van der Waals surface area contributed by atoms with Crippen molar-refractivity contribution in [2.24, 2.45) is 11.3 Å². The molecular weight excluding hydrogens is 174 g/mol. The smallest absolute Gasteiger partial charge is 0.200 e. The van der Waals surface area contributed by atoms with Crippen molar-refractivity contribution in [3.63, 3.8) is 0 Å². The quantitative estimate of drug-likeness (QED) is 0.797. The van der Waals surface area contributed by atoms with Gasteiger partial charge in [0.25, 0.3) is 0 Å². The Kier molecular flexibility index (Phi) is 2.25. The van der Waals surface area contributed by atoms with Crippen molar-refractivity contribution in [3.05, 3.63) is 12.4 Å². The molecule has 0 atom stereocenters. The lowest BCUT2D eigenvalue weighted by Gasteiger charge is -2.24. The van der Waals surface area contributed by atoms with Gasteiger partial charge in [-0.05, 0) is 30.6 Å². The lowest BCUT2D eigenvalue weighted by Crippen LogP contribution is -2.17. The van der Waals surface area contributed by atoms with Crippen LogP contribution in [-0.2, 0) is 6.54 Å². The SMILES string of the molecule is CC(C)(CCn1ccnc1N)C1CC1. The minimum absolute atomic E-state index is 0.469. The largest absolute Gasteiger partial charge is 0.369 e. The van der Waals surface area contributed by atoms with Gasteiger partial charge in [0, 0.05) is 18.9 Å². The molecule has 1 aliphatic rings. The third-order valence-corrected chi connectivity index (χ3v) is 3.43. The molecular formula is C11H19N3. The molecule has 3 heteroatoms. The second-order valence-corrected chi connectivity index (χ2v) is 4.99. The number of anilines is 1. The van der Waals surface area contributed by atoms with Crippen LogP contribution in [0.2, 0.25) is 0 Å². The summed E-state index contributed by atoms with van der Waals surface area (Å²) in [6.07, 6.45) is 7.73. The monoisotopic (exact) mass is 193 g/mol. The molecule has 0 aliphatic heterocycles. The van der Waals surface area contributed by atoms with Crippen molar-refractivity contribution in [1.82, 2.24) is 9.55 Å². The number of nitrogen functional groups attached to an aromatic ring is 1. The first-order valence-corrected chi connectivity index (χ1v) is 5.36. The van der Waals surface area contributed by atoms with Gasteiger partial charge in [-0.2, -0.15) is 0 Å². The van der Waals surface area contributed by atoms with Crippen LogP contribution in [0.5, 0.6) is 0 Å². The molecule has 1 saturated carbocycles. The molecule has 0 bridgehead atoms. The Morgan fingerprint density at radius 1 is 1.57 bits per heavy atom. The topological polar surface area (TPSA) is 43.8 Å². The van der Waals surface area contributed by atoms with E-state index in [1.54, 1.807) is 6.20 Å². The van der Waals surface area contributed by atoms with Gasteiger partial charge in [-0.25, -0.2) is 4.98 Å². The average molecular weight is 193 g/mol. The Balaban J connectivity index is 1.90. The van der Waals surface area contributed by atoms with Crippen molar-refractivity contribution in [2.75, 3.05) is 5.73 Å². The maximum atomic E-state index is 5.71. The molecule has 2 N–H and O–H groups in total. The van der Waals surface area contributed by atoms with E-state index in [-0.39, 0.29) is 0 Å². The molecule has 3 nitrogen and oxygen atoms in total. The van der Waals surface area contributed by atoms with Gasteiger partial charge in [-0.15, -0.1) is 0 Å². The number of aryl methyl sites for hydroxylation is 1. The van der Waals surface area contributed by atoms with E-state index in [0.29, 0.717) is 11.4 Å². The fraction of sp³-hybridized carbons (Fsp3) is 0.727. The van der Waals surface area contributed by atoms with E-state index in [1.165, 1.54) is 19.3 Å². The molecule has 0 radical (unpaired) electrons. The molecule has 14 heavy (non-hydrogen) atoms. The zero-order chi connectivity index (χ0) is 10.2. The van der Waals surface area contributed by atoms with E-state index in [1.807, 2.05) is 10.8 Å². The molecule has 1 aliphatic carbocycles. The summed E-state index contributed by atoms with van der Waals surface area (Å²) >= 11 is 0. The van der Waals surface area contributed by atoms with Gasteiger partial charge in [0.2, 0.25) is 0 Å². The molecule has 2 rings (SSSR count). The highest BCUT2D eigenvalue weighted by molar-refractivity contribution is 5.16. The fourth-order valence-corrected chi connectivity index (χ4v) is 2.01. The van der Waals surface area contributed by atoms with Gasteiger partial charge in [-0.1, -0.05) is 13.8 Å². The maximum absolute atomic E-state index is 5.71. The minimum Gasteiger partial charge on any atom is -0.369 e. The van der Waals surface area contributed by atoms with Gasteiger partial charge in [0.05, 0.1) is 0 Å². The second kappa shape index (κ2) is 3.30. The van der Waals surface area contributed by atoms with Crippen LogP contribution in [0.15, 0.2) is 12.4 Å². The number of nitrogens with zero attached hydrogens (tertiary/aromatic N) is 2. The highest BCUT2D eigenvalue weighted by atomic mass is 15.1. The predicted octanol–water partition coefficient (Wildman–Crippen LogP) is 2.29. The van der Waals surface area contributed by atoms with Crippen molar-refractivity contribution in [3.8, 4) is 0 Å². The number of nitrogens with two attached hydrogens (primary N) is 1. The number of rotatable bonds is 4. The standard InChI is InChI=1S/C11H19N3/c1-11(2,9-3-4-9)5-7-14-8-6-13-10(14)12/h6,8-9H,3-5,7H2,1-2H3,(H2,12,13). The fourth-order valence-electron chi connectivity index (χ4n) is 2.01. The van der Waals surface area contributed by atoms with E-state index < -0.39 is 0 Å². The summed E-state index contributed by atoms with van der Waals surface area (Å²) < 4.78 is 2.03. The summed E-state index contributed by atoms with van der Waals surface area (Å²) in [7, 11) is 0. The second-order valence-electron chi connectivity index (χ2n) is 4.99. The van der Waals surface area contributed by atoms with Gasteiger partial charge in [0.15, 0.2) is 5.95 Å². The van der Waals surface area contributed by atoms with Crippen LogP contribution in [0.25, 0.3) is 0 Å². The average Bonchev–Trinajstić information content (AvgIpc) is 2.89. The first-order chi connectivity index (χ1) is 6.59. The van der Waals surface area contributed by atoms with E-state index in [0.717, 1.165) is 12.5 Å². The number of imidazole rings is 1. The van der Waals surface area contributed by atoms with Crippen LogP contribution in [0.4, 0.5) is 5.95 Å². The number of aromatic nitrogens is 2. The lowest BCUT2D eigenvalue weighted by molar-refractivity contribution is 0.267. The van der Waals surface area contributed by atoms with Gasteiger partial charge in [0.1, 0.15) is 0 Å². The Labute approximate surface area is 85.3 Å². The molecule has 78 valence electrons. The summed E-state index contributed by atoms with van der Waals surface area (Å²) in [5, 5.41) is 0. The molecule has 1 fully saturated rings. The van der Waals surface area contributed by atoms with Crippen LogP contribution < -0.4 is 5.73 Å².